The normalized spacial score (nSPS) is 11.4. The molecule has 0 fully saturated rings. The van der Waals surface area contributed by atoms with Crippen LogP contribution in [-0.4, -0.2) is 29.0 Å². The molecule has 2 aromatic carbocycles. The predicted octanol–water partition coefficient (Wildman–Crippen LogP) is 3.76. The standard InChI is InChI=1S/C19H19N3O5S/c1-13(2)22-11-18(20-12-22)28(25,26)21-17-9-8-15(10-16(17)19(23)24)27-14-6-4-3-5-7-14/h3-13,21H,1-2H3,(H,23,24). The van der Waals surface area contributed by atoms with Crippen molar-refractivity contribution in [2.45, 2.75) is 24.9 Å². The van der Waals surface area contributed by atoms with Crippen LogP contribution in [0.4, 0.5) is 5.69 Å². The van der Waals surface area contributed by atoms with Gasteiger partial charge < -0.3 is 14.4 Å². The molecule has 1 aromatic heterocycles. The fraction of sp³-hybridized carbons (Fsp3) is 0.158. The van der Waals surface area contributed by atoms with Crippen molar-refractivity contribution >= 4 is 21.7 Å². The Balaban J connectivity index is 1.89. The van der Waals surface area contributed by atoms with Crippen LogP contribution in [0.1, 0.15) is 30.2 Å². The zero-order chi connectivity index (χ0) is 20.3. The summed E-state index contributed by atoms with van der Waals surface area (Å²) in [6, 6.07) is 13.0. The van der Waals surface area contributed by atoms with Crippen LogP contribution in [0.15, 0.2) is 66.1 Å². The number of para-hydroxylation sites is 1. The fourth-order valence-corrected chi connectivity index (χ4v) is 3.43. The van der Waals surface area contributed by atoms with Crippen LogP contribution in [0, 0.1) is 0 Å². The second-order valence-corrected chi connectivity index (χ2v) is 7.92. The molecule has 0 amide bonds. The minimum atomic E-state index is -4.04. The number of hydrogen-bond acceptors (Lipinski definition) is 5. The number of carbonyl (C=O) groups is 1. The fourth-order valence-electron chi connectivity index (χ4n) is 2.41. The quantitative estimate of drug-likeness (QED) is 0.624. The molecular formula is C19H19N3O5S. The van der Waals surface area contributed by atoms with Gasteiger partial charge in [0.25, 0.3) is 10.0 Å². The number of nitrogens with one attached hydrogen (secondary N) is 1. The molecule has 3 rings (SSSR count). The van der Waals surface area contributed by atoms with Gasteiger partial charge in [0.05, 0.1) is 17.6 Å². The third-order valence-corrected chi connectivity index (χ3v) is 5.14. The predicted molar refractivity (Wildman–Crippen MR) is 103 cm³/mol. The molecule has 0 saturated heterocycles. The van der Waals surface area contributed by atoms with E-state index in [9.17, 15) is 18.3 Å². The monoisotopic (exact) mass is 401 g/mol. The molecule has 0 aliphatic rings. The molecular weight excluding hydrogens is 382 g/mol. The molecule has 3 aromatic rings. The molecule has 0 spiro atoms. The summed E-state index contributed by atoms with van der Waals surface area (Å²) in [5, 5.41) is 9.30. The van der Waals surface area contributed by atoms with Crippen molar-refractivity contribution in [1.82, 2.24) is 9.55 Å². The maximum Gasteiger partial charge on any atom is 0.337 e. The first kappa shape index (κ1) is 19.4. The lowest BCUT2D eigenvalue weighted by atomic mass is 10.2. The van der Waals surface area contributed by atoms with Crippen molar-refractivity contribution in [1.29, 1.82) is 0 Å². The third kappa shape index (κ3) is 4.32. The lowest BCUT2D eigenvalue weighted by Gasteiger charge is -2.12. The van der Waals surface area contributed by atoms with Gasteiger partial charge in [0.1, 0.15) is 11.5 Å². The summed E-state index contributed by atoms with van der Waals surface area (Å²) in [5.74, 6) is -0.481. The number of hydrogen-bond donors (Lipinski definition) is 2. The summed E-state index contributed by atoms with van der Waals surface area (Å²) >= 11 is 0. The summed E-state index contributed by atoms with van der Waals surface area (Å²) in [6.45, 7) is 3.78. The molecule has 0 atom stereocenters. The number of ether oxygens (including phenoxy) is 1. The first-order valence-corrected chi connectivity index (χ1v) is 9.91. The van der Waals surface area contributed by atoms with Crippen LogP contribution < -0.4 is 9.46 Å². The number of benzene rings is 2. The van der Waals surface area contributed by atoms with E-state index in [1.54, 1.807) is 28.8 Å². The van der Waals surface area contributed by atoms with Crippen molar-refractivity contribution in [3.05, 3.63) is 66.6 Å². The van der Waals surface area contributed by atoms with E-state index in [1.165, 1.54) is 30.7 Å². The SMILES string of the molecule is CC(C)n1cnc(S(=O)(=O)Nc2ccc(Oc3ccccc3)cc2C(=O)O)c1. The second kappa shape index (κ2) is 7.73. The highest BCUT2D eigenvalue weighted by atomic mass is 32.2. The number of rotatable bonds is 7. The van der Waals surface area contributed by atoms with Gasteiger partial charge in [-0.05, 0) is 44.2 Å². The van der Waals surface area contributed by atoms with E-state index in [0.717, 1.165) is 0 Å². The number of nitrogens with zero attached hydrogens (tertiary/aromatic N) is 2. The number of carboxylic acid groups (broad SMARTS) is 1. The first-order chi connectivity index (χ1) is 13.3. The summed E-state index contributed by atoms with van der Waals surface area (Å²) < 4.78 is 34.7. The summed E-state index contributed by atoms with van der Waals surface area (Å²) in [4.78, 5) is 15.5. The third-order valence-electron chi connectivity index (χ3n) is 3.89. The Labute approximate surface area is 162 Å². The first-order valence-electron chi connectivity index (χ1n) is 8.43. The van der Waals surface area contributed by atoms with Crippen molar-refractivity contribution in [2.75, 3.05) is 4.72 Å². The highest BCUT2D eigenvalue weighted by molar-refractivity contribution is 7.92. The number of aromatic nitrogens is 2. The molecule has 0 saturated carbocycles. The lowest BCUT2D eigenvalue weighted by molar-refractivity contribution is 0.0697. The molecule has 0 aliphatic carbocycles. The lowest BCUT2D eigenvalue weighted by Crippen LogP contribution is -2.16. The van der Waals surface area contributed by atoms with Gasteiger partial charge in [-0.1, -0.05) is 18.2 Å². The van der Waals surface area contributed by atoms with Crippen molar-refractivity contribution in [2.24, 2.45) is 0 Å². The van der Waals surface area contributed by atoms with Gasteiger partial charge in [0, 0.05) is 12.2 Å². The van der Waals surface area contributed by atoms with E-state index in [0.29, 0.717) is 5.75 Å². The highest BCUT2D eigenvalue weighted by Gasteiger charge is 2.22. The molecule has 146 valence electrons. The van der Waals surface area contributed by atoms with Crippen LogP contribution in [0.5, 0.6) is 11.5 Å². The minimum Gasteiger partial charge on any atom is -0.478 e. The van der Waals surface area contributed by atoms with Crippen molar-refractivity contribution in [3.63, 3.8) is 0 Å². The molecule has 2 N–H and O–H groups in total. The van der Waals surface area contributed by atoms with Gasteiger partial charge >= 0.3 is 5.97 Å². The Bertz CT molecular complexity index is 1090. The Morgan fingerprint density at radius 1 is 1.14 bits per heavy atom. The summed E-state index contributed by atoms with van der Waals surface area (Å²) in [5.41, 5.74) is -0.313. The van der Waals surface area contributed by atoms with Crippen LogP contribution in [-0.2, 0) is 10.0 Å². The second-order valence-electron chi connectivity index (χ2n) is 6.29. The Morgan fingerprint density at radius 2 is 1.86 bits per heavy atom. The molecule has 0 radical (unpaired) electrons. The maximum absolute atomic E-state index is 12.6. The number of anilines is 1. The van der Waals surface area contributed by atoms with E-state index >= 15 is 0 Å². The molecule has 9 heteroatoms. The van der Waals surface area contributed by atoms with Crippen molar-refractivity contribution < 1.29 is 23.1 Å². The molecule has 0 aliphatic heterocycles. The van der Waals surface area contributed by atoms with Gasteiger partial charge in [-0.25, -0.2) is 9.78 Å². The summed E-state index contributed by atoms with van der Waals surface area (Å²) in [7, 11) is -4.04. The van der Waals surface area contributed by atoms with E-state index in [1.807, 2.05) is 19.9 Å². The summed E-state index contributed by atoms with van der Waals surface area (Å²) in [6.07, 6.45) is 2.80. The average molecular weight is 401 g/mol. The zero-order valence-electron chi connectivity index (χ0n) is 15.2. The van der Waals surface area contributed by atoms with Crippen LogP contribution in [0.3, 0.4) is 0 Å². The number of sulfonamides is 1. The molecule has 0 unspecified atom stereocenters. The van der Waals surface area contributed by atoms with Gasteiger partial charge in [-0.3, -0.25) is 4.72 Å². The maximum atomic E-state index is 12.6. The van der Waals surface area contributed by atoms with E-state index in [2.05, 4.69) is 9.71 Å². The average Bonchev–Trinajstić information content (AvgIpc) is 3.15. The molecule has 8 nitrogen and oxygen atoms in total. The minimum absolute atomic E-state index is 0.0421. The van der Waals surface area contributed by atoms with Crippen LogP contribution >= 0.6 is 0 Å². The van der Waals surface area contributed by atoms with Gasteiger partial charge in [-0.15, -0.1) is 0 Å². The van der Waals surface area contributed by atoms with Gasteiger partial charge in [-0.2, -0.15) is 8.42 Å². The van der Waals surface area contributed by atoms with E-state index < -0.39 is 16.0 Å². The molecule has 0 bridgehead atoms. The van der Waals surface area contributed by atoms with E-state index in [4.69, 9.17) is 4.74 Å². The Kier molecular flexibility index (Phi) is 5.36. The molecule has 1 heterocycles. The number of carboxylic acids is 1. The van der Waals surface area contributed by atoms with Crippen LogP contribution in [0.2, 0.25) is 0 Å². The van der Waals surface area contributed by atoms with Gasteiger partial charge in [0.15, 0.2) is 5.03 Å². The number of imidazole rings is 1. The Morgan fingerprint density at radius 3 is 2.46 bits per heavy atom. The zero-order valence-corrected chi connectivity index (χ0v) is 16.1. The van der Waals surface area contributed by atoms with Crippen molar-refractivity contribution in [3.8, 4) is 11.5 Å². The van der Waals surface area contributed by atoms with E-state index in [-0.39, 0.29) is 28.1 Å². The number of aromatic carboxylic acids is 1. The largest absolute Gasteiger partial charge is 0.478 e. The van der Waals surface area contributed by atoms with Crippen LogP contribution in [0.25, 0.3) is 0 Å². The smallest absolute Gasteiger partial charge is 0.337 e. The topological polar surface area (TPSA) is 111 Å². The van der Waals surface area contributed by atoms with Gasteiger partial charge in [0.2, 0.25) is 0 Å². The Hall–Kier alpha value is -3.33. The highest BCUT2D eigenvalue weighted by Crippen LogP contribution is 2.28. The molecule has 28 heavy (non-hydrogen) atoms.